The van der Waals surface area contributed by atoms with Crippen LogP contribution in [-0.2, 0) is 0 Å². The Bertz CT molecular complexity index is 584. The van der Waals surface area contributed by atoms with Crippen LogP contribution in [0.4, 0.5) is 8.78 Å². The summed E-state index contributed by atoms with van der Waals surface area (Å²) < 4.78 is 32.3. The van der Waals surface area contributed by atoms with Gasteiger partial charge in [0.25, 0.3) is 0 Å². The zero-order chi connectivity index (χ0) is 15.2. The molecule has 5 heteroatoms. The summed E-state index contributed by atoms with van der Waals surface area (Å²) >= 11 is 0. The fourth-order valence-corrected chi connectivity index (χ4v) is 2.24. The SMILES string of the molecule is CCCNC(c1cc(F)cc(F)c1)c1ccncc1OC. The summed E-state index contributed by atoms with van der Waals surface area (Å²) in [6, 6.07) is 4.96. The molecule has 3 nitrogen and oxygen atoms in total. The predicted octanol–water partition coefficient (Wildman–Crippen LogP) is 3.46. The predicted molar refractivity (Wildman–Crippen MR) is 77.3 cm³/mol. The molecule has 0 amide bonds. The monoisotopic (exact) mass is 292 g/mol. The van der Waals surface area contributed by atoms with Crippen molar-refractivity contribution >= 4 is 0 Å². The van der Waals surface area contributed by atoms with Crippen LogP contribution in [0.5, 0.6) is 5.75 Å². The smallest absolute Gasteiger partial charge is 0.142 e. The summed E-state index contributed by atoms with van der Waals surface area (Å²) in [5.41, 5.74) is 1.32. The fourth-order valence-electron chi connectivity index (χ4n) is 2.24. The highest BCUT2D eigenvalue weighted by molar-refractivity contribution is 5.40. The Hall–Kier alpha value is -2.01. The van der Waals surface area contributed by atoms with Crippen LogP contribution in [0, 0.1) is 11.6 Å². The number of ether oxygens (including phenoxy) is 1. The second-order valence-electron chi connectivity index (χ2n) is 4.71. The molecule has 0 spiro atoms. The lowest BCUT2D eigenvalue weighted by molar-refractivity contribution is 0.401. The molecule has 0 saturated heterocycles. The van der Waals surface area contributed by atoms with Gasteiger partial charge < -0.3 is 10.1 Å². The van der Waals surface area contributed by atoms with E-state index in [1.807, 2.05) is 6.92 Å². The Labute approximate surface area is 123 Å². The third-order valence-electron chi connectivity index (χ3n) is 3.16. The highest BCUT2D eigenvalue weighted by atomic mass is 19.1. The average molecular weight is 292 g/mol. The molecule has 0 aliphatic carbocycles. The maximum atomic E-state index is 13.5. The molecule has 1 unspecified atom stereocenters. The maximum Gasteiger partial charge on any atom is 0.142 e. The fraction of sp³-hybridized carbons (Fsp3) is 0.312. The van der Waals surface area contributed by atoms with Crippen LogP contribution in [0.3, 0.4) is 0 Å². The number of methoxy groups -OCH3 is 1. The molecule has 1 aromatic heterocycles. The van der Waals surface area contributed by atoms with Crippen LogP contribution in [-0.4, -0.2) is 18.6 Å². The number of nitrogens with one attached hydrogen (secondary N) is 1. The van der Waals surface area contributed by atoms with Crippen molar-refractivity contribution in [2.75, 3.05) is 13.7 Å². The molecular formula is C16H18F2N2O. The van der Waals surface area contributed by atoms with Crippen LogP contribution < -0.4 is 10.1 Å². The van der Waals surface area contributed by atoms with Crippen LogP contribution in [0.15, 0.2) is 36.7 Å². The molecule has 0 aliphatic rings. The lowest BCUT2D eigenvalue weighted by Gasteiger charge is -2.21. The number of rotatable bonds is 6. The van der Waals surface area contributed by atoms with Gasteiger partial charge in [-0.1, -0.05) is 6.92 Å². The number of benzene rings is 1. The minimum atomic E-state index is -0.596. The van der Waals surface area contributed by atoms with Gasteiger partial charge in [-0.05, 0) is 36.7 Å². The molecule has 1 aromatic carbocycles. The molecule has 0 fully saturated rings. The van der Waals surface area contributed by atoms with Gasteiger partial charge in [-0.15, -0.1) is 0 Å². The van der Waals surface area contributed by atoms with E-state index < -0.39 is 11.6 Å². The Morgan fingerprint density at radius 2 is 1.95 bits per heavy atom. The standard InChI is InChI=1S/C16H18F2N2O/c1-3-5-20-16(11-7-12(17)9-13(18)8-11)14-4-6-19-10-15(14)21-2/h4,6-10,16,20H,3,5H2,1-2H3. The quantitative estimate of drug-likeness (QED) is 0.885. The summed E-state index contributed by atoms with van der Waals surface area (Å²) in [5.74, 6) is -0.613. The van der Waals surface area contributed by atoms with Crippen molar-refractivity contribution in [1.82, 2.24) is 10.3 Å². The lowest BCUT2D eigenvalue weighted by atomic mass is 9.98. The van der Waals surface area contributed by atoms with Gasteiger partial charge in [-0.25, -0.2) is 8.78 Å². The molecule has 112 valence electrons. The number of halogens is 2. The van der Waals surface area contributed by atoms with E-state index in [-0.39, 0.29) is 6.04 Å². The first kappa shape index (κ1) is 15.4. The molecular weight excluding hydrogens is 274 g/mol. The van der Waals surface area contributed by atoms with Crippen molar-refractivity contribution in [1.29, 1.82) is 0 Å². The van der Waals surface area contributed by atoms with E-state index in [4.69, 9.17) is 4.74 Å². The zero-order valence-electron chi connectivity index (χ0n) is 12.1. The van der Waals surface area contributed by atoms with Gasteiger partial charge >= 0.3 is 0 Å². The summed E-state index contributed by atoms with van der Waals surface area (Å²) in [7, 11) is 1.55. The molecule has 1 atom stereocenters. The normalized spacial score (nSPS) is 12.2. The van der Waals surface area contributed by atoms with Crippen molar-refractivity contribution < 1.29 is 13.5 Å². The molecule has 2 rings (SSSR count). The van der Waals surface area contributed by atoms with E-state index in [9.17, 15) is 8.78 Å². The van der Waals surface area contributed by atoms with E-state index in [0.29, 0.717) is 17.9 Å². The molecule has 1 heterocycles. The second-order valence-corrected chi connectivity index (χ2v) is 4.71. The van der Waals surface area contributed by atoms with Crippen LogP contribution in [0.25, 0.3) is 0 Å². The number of nitrogens with zero attached hydrogens (tertiary/aromatic N) is 1. The van der Waals surface area contributed by atoms with Crippen molar-refractivity contribution in [3.05, 3.63) is 59.4 Å². The highest BCUT2D eigenvalue weighted by Gasteiger charge is 2.19. The minimum absolute atomic E-state index is 0.354. The van der Waals surface area contributed by atoms with Crippen LogP contribution >= 0.6 is 0 Å². The molecule has 0 aliphatic heterocycles. The van der Waals surface area contributed by atoms with Crippen LogP contribution in [0.2, 0.25) is 0 Å². The molecule has 2 aromatic rings. The highest BCUT2D eigenvalue weighted by Crippen LogP contribution is 2.30. The largest absolute Gasteiger partial charge is 0.495 e. The topological polar surface area (TPSA) is 34.2 Å². The van der Waals surface area contributed by atoms with Gasteiger partial charge in [0.2, 0.25) is 0 Å². The van der Waals surface area contributed by atoms with Gasteiger partial charge in [0.05, 0.1) is 19.3 Å². The maximum absolute atomic E-state index is 13.5. The minimum Gasteiger partial charge on any atom is -0.495 e. The summed E-state index contributed by atoms with van der Waals surface area (Å²) in [5, 5.41) is 3.29. The Balaban J connectivity index is 2.46. The molecule has 0 radical (unpaired) electrons. The van der Waals surface area contributed by atoms with Gasteiger partial charge in [0, 0.05) is 17.8 Å². The number of pyridine rings is 1. The van der Waals surface area contributed by atoms with Crippen LogP contribution in [0.1, 0.15) is 30.5 Å². The van der Waals surface area contributed by atoms with Gasteiger partial charge in [-0.2, -0.15) is 0 Å². The second kappa shape index (κ2) is 7.13. The van der Waals surface area contributed by atoms with Crippen molar-refractivity contribution in [3.8, 4) is 5.75 Å². The molecule has 0 bridgehead atoms. The third-order valence-corrected chi connectivity index (χ3v) is 3.16. The van der Waals surface area contributed by atoms with E-state index in [1.54, 1.807) is 25.6 Å². The number of hydrogen-bond acceptors (Lipinski definition) is 3. The zero-order valence-corrected chi connectivity index (χ0v) is 12.1. The first-order valence-corrected chi connectivity index (χ1v) is 6.83. The van der Waals surface area contributed by atoms with E-state index in [0.717, 1.165) is 18.1 Å². The molecule has 21 heavy (non-hydrogen) atoms. The Morgan fingerprint density at radius 1 is 1.24 bits per heavy atom. The van der Waals surface area contributed by atoms with Gasteiger partial charge in [0.1, 0.15) is 17.4 Å². The summed E-state index contributed by atoms with van der Waals surface area (Å²) in [4.78, 5) is 4.01. The third kappa shape index (κ3) is 3.76. The van der Waals surface area contributed by atoms with E-state index >= 15 is 0 Å². The van der Waals surface area contributed by atoms with Crippen molar-refractivity contribution in [3.63, 3.8) is 0 Å². The van der Waals surface area contributed by atoms with Crippen molar-refractivity contribution in [2.45, 2.75) is 19.4 Å². The van der Waals surface area contributed by atoms with Gasteiger partial charge in [-0.3, -0.25) is 4.98 Å². The summed E-state index contributed by atoms with van der Waals surface area (Å²) in [6.45, 7) is 2.74. The van der Waals surface area contributed by atoms with Gasteiger partial charge in [0.15, 0.2) is 0 Å². The van der Waals surface area contributed by atoms with Crippen molar-refractivity contribution in [2.24, 2.45) is 0 Å². The van der Waals surface area contributed by atoms with E-state index in [2.05, 4.69) is 10.3 Å². The average Bonchev–Trinajstić information content (AvgIpc) is 2.47. The Kier molecular flexibility index (Phi) is 5.22. The van der Waals surface area contributed by atoms with E-state index in [1.165, 1.54) is 12.1 Å². The lowest BCUT2D eigenvalue weighted by Crippen LogP contribution is -2.24. The Morgan fingerprint density at radius 3 is 2.57 bits per heavy atom. The molecule has 0 saturated carbocycles. The number of hydrogen-bond donors (Lipinski definition) is 1. The summed E-state index contributed by atoms with van der Waals surface area (Å²) in [6.07, 6.45) is 4.13. The first-order valence-electron chi connectivity index (χ1n) is 6.83. The number of aromatic nitrogens is 1. The first-order chi connectivity index (χ1) is 10.2. The molecule has 1 N–H and O–H groups in total.